The monoisotopic (exact) mass is 549 g/mol. The minimum atomic E-state index is -1.52. The van der Waals surface area contributed by atoms with Gasteiger partial charge in [0, 0.05) is 18.3 Å². The Labute approximate surface area is 237 Å². The number of amides is 1. The minimum absolute atomic E-state index is 0.0296. The number of allylic oxidation sites excluding steroid dienone is 1. The summed E-state index contributed by atoms with van der Waals surface area (Å²) in [7, 11) is 0. The second-order valence-corrected chi connectivity index (χ2v) is 13.1. The maximum Gasteiger partial charge on any atom is 0.306 e. The van der Waals surface area contributed by atoms with Crippen LogP contribution >= 0.6 is 0 Å². The van der Waals surface area contributed by atoms with Crippen molar-refractivity contribution in [3.05, 3.63) is 47.5 Å². The van der Waals surface area contributed by atoms with Gasteiger partial charge in [-0.15, -0.1) is 0 Å². The fraction of sp³-hybridized carbons (Fsp3) is 0.636. The van der Waals surface area contributed by atoms with E-state index in [1.807, 2.05) is 43.3 Å². The van der Waals surface area contributed by atoms with Gasteiger partial charge >= 0.3 is 5.97 Å². The molecular weight excluding hydrogens is 506 g/mol. The van der Waals surface area contributed by atoms with Gasteiger partial charge in [0.2, 0.25) is 11.7 Å². The maximum absolute atomic E-state index is 13.4. The summed E-state index contributed by atoms with van der Waals surface area (Å²) in [6.45, 7) is 5.78. The highest BCUT2D eigenvalue weighted by Gasteiger charge is 2.66. The standard InChI is InChI=1S/C33H43NO6/c1-21(22-7-5-4-6-8-22)34-29(37)11-12-30(38)40-20-28(36)33(39)18-15-27-25-10-9-23-19-24(35)13-16-31(23,2)26(25)14-17-32(27,33)3/h4-8,19,21,25-27,39H,9-18,20H2,1-3H3,(H,34,37). The fourth-order valence-corrected chi connectivity index (χ4v) is 8.73. The van der Waals surface area contributed by atoms with Gasteiger partial charge in [0.25, 0.3) is 0 Å². The number of ketones is 2. The number of rotatable bonds is 8. The summed E-state index contributed by atoms with van der Waals surface area (Å²) >= 11 is 0. The number of fused-ring (bicyclic) bond motifs is 5. The van der Waals surface area contributed by atoms with Crippen molar-refractivity contribution in [2.75, 3.05) is 6.61 Å². The van der Waals surface area contributed by atoms with E-state index in [1.165, 1.54) is 5.57 Å². The van der Waals surface area contributed by atoms with E-state index in [-0.39, 0.29) is 41.9 Å². The largest absolute Gasteiger partial charge is 0.458 e. The molecule has 0 aliphatic heterocycles. The molecule has 0 spiro atoms. The number of hydrogen-bond acceptors (Lipinski definition) is 6. The molecule has 4 aliphatic carbocycles. The van der Waals surface area contributed by atoms with Crippen molar-refractivity contribution in [2.45, 2.75) is 96.6 Å². The van der Waals surface area contributed by atoms with Crippen molar-refractivity contribution in [2.24, 2.45) is 28.6 Å². The molecule has 1 aromatic carbocycles. The first-order valence-corrected chi connectivity index (χ1v) is 15.0. The van der Waals surface area contributed by atoms with Crippen LogP contribution in [0.1, 0.15) is 96.6 Å². The molecule has 2 N–H and O–H groups in total. The Morgan fingerprint density at radius 1 is 1.00 bits per heavy atom. The Morgan fingerprint density at radius 2 is 1.73 bits per heavy atom. The molecular formula is C33H43NO6. The predicted octanol–water partition coefficient (Wildman–Crippen LogP) is 5.02. The Hall–Kier alpha value is -2.80. The molecule has 216 valence electrons. The number of Topliss-reactive ketones (excluding diaryl/α,β-unsaturated/α-hetero) is 1. The minimum Gasteiger partial charge on any atom is -0.458 e. The molecule has 1 aromatic rings. The number of ether oxygens (including phenoxy) is 1. The van der Waals surface area contributed by atoms with Crippen molar-refractivity contribution in [1.29, 1.82) is 0 Å². The smallest absolute Gasteiger partial charge is 0.306 e. The van der Waals surface area contributed by atoms with Crippen molar-refractivity contribution in [3.63, 3.8) is 0 Å². The van der Waals surface area contributed by atoms with Gasteiger partial charge in [-0.1, -0.05) is 49.8 Å². The van der Waals surface area contributed by atoms with Crippen LogP contribution in [-0.2, 0) is 23.9 Å². The molecule has 7 heteroatoms. The van der Waals surface area contributed by atoms with Gasteiger partial charge in [-0.25, -0.2) is 0 Å². The van der Waals surface area contributed by atoms with Gasteiger partial charge in [-0.3, -0.25) is 19.2 Å². The quantitative estimate of drug-likeness (QED) is 0.441. The van der Waals surface area contributed by atoms with Gasteiger partial charge in [-0.05, 0) is 86.7 Å². The second kappa shape index (κ2) is 10.9. The van der Waals surface area contributed by atoms with Crippen LogP contribution < -0.4 is 5.32 Å². The summed E-state index contributed by atoms with van der Waals surface area (Å²) in [5, 5.41) is 14.7. The molecule has 3 fully saturated rings. The Morgan fingerprint density at radius 3 is 2.48 bits per heavy atom. The lowest BCUT2D eigenvalue weighted by molar-refractivity contribution is -0.170. The third-order valence-electron chi connectivity index (χ3n) is 11.2. The highest BCUT2D eigenvalue weighted by atomic mass is 16.5. The number of benzene rings is 1. The zero-order valence-corrected chi connectivity index (χ0v) is 24.0. The third-order valence-corrected chi connectivity index (χ3v) is 11.2. The summed E-state index contributed by atoms with van der Waals surface area (Å²) in [5.74, 6) is 0.0285. The maximum atomic E-state index is 13.4. The second-order valence-electron chi connectivity index (χ2n) is 13.1. The molecule has 0 aromatic heterocycles. The van der Waals surface area contributed by atoms with Crippen molar-refractivity contribution >= 4 is 23.4 Å². The van der Waals surface area contributed by atoms with E-state index >= 15 is 0 Å². The first-order chi connectivity index (χ1) is 19.0. The molecule has 4 aliphatic rings. The van der Waals surface area contributed by atoms with E-state index in [0.29, 0.717) is 24.7 Å². The van der Waals surface area contributed by atoms with Gasteiger partial charge in [0.05, 0.1) is 12.5 Å². The zero-order chi connectivity index (χ0) is 28.7. The number of nitrogens with one attached hydrogen (secondary N) is 1. The molecule has 0 saturated heterocycles. The normalized spacial score (nSPS) is 35.5. The summed E-state index contributed by atoms with van der Waals surface area (Å²) < 4.78 is 5.28. The highest BCUT2D eigenvalue weighted by Crippen LogP contribution is 2.67. The van der Waals surface area contributed by atoms with Crippen LogP contribution in [0.5, 0.6) is 0 Å². The SMILES string of the molecule is CC(NC(=O)CCC(=O)OCC(=O)C1(O)CCC2C3CCC4=CC(=O)CCC4(C)C3CCC21C)c1ccccc1. The van der Waals surface area contributed by atoms with Crippen LogP contribution in [0, 0.1) is 28.6 Å². The molecule has 7 nitrogen and oxygen atoms in total. The lowest BCUT2D eigenvalue weighted by atomic mass is 9.46. The van der Waals surface area contributed by atoms with Gasteiger partial charge in [-0.2, -0.15) is 0 Å². The lowest BCUT2D eigenvalue weighted by Crippen LogP contribution is -2.58. The molecule has 0 heterocycles. The summed E-state index contributed by atoms with van der Waals surface area (Å²) in [6, 6.07) is 9.39. The summed E-state index contributed by atoms with van der Waals surface area (Å²) in [6.07, 6.45) is 7.96. The van der Waals surface area contributed by atoms with Crippen molar-refractivity contribution in [3.8, 4) is 0 Å². The van der Waals surface area contributed by atoms with E-state index in [0.717, 1.165) is 44.1 Å². The molecule has 1 amide bonds. The zero-order valence-electron chi connectivity index (χ0n) is 24.0. The summed E-state index contributed by atoms with van der Waals surface area (Å²) in [5.41, 5.74) is 0.220. The van der Waals surface area contributed by atoms with Gasteiger partial charge in [0.15, 0.2) is 12.4 Å². The van der Waals surface area contributed by atoms with Gasteiger partial charge < -0.3 is 15.2 Å². The predicted molar refractivity (Wildman–Crippen MR) is 150 cm³/mol. The average molecular weight is 550 g/mol. The molecule has 7 unspecified atom stereocenters. The molecule has 7 atom stereocenters. The summed E-state index contributed by atoms with van der Waals surface area (Å²) in [4.78, 5) is 50.2. The number of hydrogen-bond donors (Lipinski definition) is 2. The van der Waals surface area contributed by atoms with E-state index in [4.69, 9.17) is 4.74 Å². The van der Waals surface area contributed by atoms with E-state index < -0.39 is 29.4 Å². The van der Waals surface area contributed by atoms with Crippen molar-refractivity contribution in [1.82, 2.24) is 5.32 Å². The Kier molecular flexibility index (Phi) is 7.81. The fourth-order valence-electron chi connectivity index (χ4n) is 8.73. The van der Waals surface area contributed by atoms with Gasteiger partial charge in [0.1, 0.15) is 5.60 Å². The van der Waals surface area contributed by atoms with E-state index in [1.54, 1.807) is 0 Å². The van der Waals surface area contributed by atoms with Crippen LogP contribution in [0.2, 0.25) is 0 Å². The lowest BCUT2D eigenvalue weighted by Gasteiger charge is -2.58. The molecule has 0 bridgehead atoms. The first-order valence-electron chi connectivity index (χ1n) is 15.0. The van der Waals surface area contributed by atoms with Crippen LogP contribution in [0.4, 0.5) is 0 Å². The van der Waals surface area contributed by atoms with E-state index in [9.17, 15) is 24.3 Å². The molecule has 0 radical (unpaired) electrons. The van der Waals surface area contributed by atoms with Crippen LogP contribution in [0.15, 0.2) is 42.0 Å². The third kappa shape index (κ3) is 4.95. The number of carbonyl (C=O) groups is 4. The number of esters is 1. The molecule has 5 rings (SSSR count). The first kappa shape index (κ1) is 28.7. The number of aliphatic hydroxyl groups is 1. The number of carbonyl (C=O) groups excluding carboxylic acids is 4. The molecule has 40 heavy (non-hydrogen) atoms. The topological polar surface area (TPSA) is 110 Å². The van der Waals surface area contributed by atoms with E-state index in [2.05, 4.69) is 19.2 Å². The van der Waals surface area contributed by atoms with Crippen molar-refractivity contribution < 1.29 is 29.0 Å². The molecule has 3 saturated carbocycles. The highest BCUT2D eigenvalue weighted by molar-refractivity contribution is 5.92. The Balaban J connectivity index is 1.15. The van der Waals surface area contributed by atoms with Crippen LogP contribution in [0.3, 0.4) is 0 Å². The van der Waals surface area contributed by atoms with Crippen LogP contribution in [0.25, 0.3) is 0 Å². The van der Waals surface area contributed by atoms with Crippen LogP contribution in [-0.4, -0.2) is 40.8 Å². The average Bonchev–Trinajstić information content (AvgIpc) is 3.22. The Bertz CT molecular complexity index is 1210.